The van der Waals surface area contributed by atoms with E-state index in [0.29, 0.717) is 24.5 Å². The summed E-state index contributed by atoms with van der Waals surface area (Å²) < 4.78 is 15.0. The number of ether oxygens (including phenoxy) is 3. The summed E-state index contributed by atoms with van der Waals surface area (Å²) in [6.07, 6.45) is 3.64. The van der Waals surface area contributed by atoms with E-state index in [-0.39, 0.29) is 31.4 Å². The predicted octanol–water partition coefficient (Wildman–Crippen LogP) is 1.49. The van der Waals surface area contributed by atoms with Gasteiger partial charge in [0.2, 0.25) is 5.91 Å². The number of benzene rings is 1. The third kappa shape index (κ3) is 6.84. The summed E-state index contributed by atoms with van der Waals surface area (Å²) in [5.41, 5.74) is 0.779. The van der Waals surface area contributed by atoms with Crippen LogP contribution >= 0.6 is 0 Å². The van der Waals surface area contributed by atoms with Gasteiger partial charge in [-0.25, -0.2) is 0 Å². The number of carbonyl (C=O) groups excluding carboxylic acids is 2. The Bertz CT molecular complexity index is 599. The summed E-state index contributed by atoms with van der Waals surface area (Å²) in [5.74, 6) is 0.548. The van der Waals surface area contributed by atoms with Crippen LogP contribution in [0.4, 0.5) is 0 Å². The van der Waals surface area contributed by atoms with Gasteiger partial charge in [0.15, 0.2) is 11.5 Å². The molecule has 0 heterocycles. The molecule has 1 N–H and O–H groups in total. The Labute approximate surface area is 147 Å². The van der Waals surface area contributed by atoms with Gasteiger partial charge < -0.3 is 24.2 Å². The van der Waals surface area contributed by atoms with Crippen LogP contribution in [0.2, 0.25) is 0 Å². The number of rotatable bonds is 10. The number of nitrogens with zero attached hydrogens (tertiary/aromatic N) is 1. The maximum Gasteiger partial charge on any atom is 0.307 e. The van der Waals surface area contributed by atoms with E-state index in [4.69, 9.17) is 14.6 Å². The lowest BCUT2D eigenvalue weighted by atomic mass is 10.2. The molecule has 138 valence electrons. The fraction of sp³-hybridized carbons (Fsp3) is 0.444. The van der Waals surface area contributed by atoms with Crippen molar-refractivity contribution in [3.05, 3.63) is 29.8 Å². The Hall–Kier alpha value is -2.54. The zero-order valence-electron chi connectivity index (χ0n) is 14.9. The van der Waals surface area contributed by atoms with Crippen LogP contribution in [0.5, 0.6) is 11.5 Å². The Morgan fingerprint density at radius 3 is 2.44 bits per heavy atom. The molecule has 7 nitrogen and oxygen atoms in total. The van der Waals surface area contributed by atoms with Gasteiger partial charge >= 0.3 is 5.97 Å². The van der Waals surface area contributed by atoms with E-state index < -0.39 is 0 Å². The van der Waals surface area contributed by atoms with Crippen LogP contribution in [0.25, 0.3) is 6.08 Å². The molecule has 0 aliphatic rings. The second-order valence-corrected chi connectivity index (χ2v) is 5.18. The molecule has 0 unspecified atom stereocenters. The SMILES string of the molecule is COC(=O)CCN(CCCO)C(=O)/C=C/c1ccc(OC)c(OC)c1. The number of aliphatic hydroxyl groups is 1. The lowest BCUT2D eigenvalue weighted by Crippen LogP contribution is -2.33. The molecule has 0 aromatic heterocycles. The van der Waals surface area contributed by atoms with Crippen molar-refractivity contribution in [2.75, 3.05) is 41.0 Å². The highest BCUT2D eigenvalue weighted by Gasteiger charge is 2.13. The minimum Gasteiger partial charge on any atom is -0.493 e. The zero-order chi connectivity index (χ0) is 18.7. The van der Waals surface area contributed by atoms with E-state index >= 15 is 0 Å². The van der Waals surface area contributed by atoms with Crippen LogP contribution in [0.15, 0.2) is 24.3 Å². The molecule has 0 aliphatic carbocycles. The molecular formula is C18H25NO6. The van der Waals surface area contributed by atoms with Crippen LogP contribution in [0.1, 0.15) is 18.4 Å². The van der Waals surface area contributed by atoms with E-state index in [1.165, 1.54) is 18.1 Å². The first-order valence-corrected chi connectivity index (χ1v) is 7.92. The Kier molecular flexibility index (Phi) is 9.10. The quantitative estimate of drug-likeness (QED) is 0.508. The maximum absolute atomic E-state index is 12.4. The van der Waals surface area contributed by atoms with Crippen molar-refractivity contribution >= 4 is 18.0 Å². The molecule has 0 fully saturated rings. The first kappa shape index (κ1) is 20.5. The van der Waals surface area contributed by atoms with Gasteiger partial charge in [0.05, 0.1) is 27.8 Å². The Balaban J connectivity index is 2.79. The van der Waals surface area contributed by atoms with Gasteiger partial charge in [-0.1, -0.05) is 6.07 Å². The fourth-order valence-corrected chi connectivity index (χ4v) is 2.15. The van der Waals surface area contributed by atoms with E-state index in [1.807, 2.05) is 0 Å². The molecule has 7 heteroatoms. The van der Waals surface area contributed by atoms with E-state index in [9.17, 15) is 9.59 Å². The largest absolute Gasteiger partial charge is 0.493 e. The number of hydrogen-bond acceptors (Lipinski definition) is 6. The number of aliphatic hydroxyl groups excluding tert-OH is 1. The smallest absolute Gasteiger partial charge is 0.307 e. The van der Waals surface area contributed by atoms with Gasteiger partial charge in [-0.3, -0.25) is 9.59 Å². The third-order valence-electron chi connectivity index (χ3n) is 3.54. The Morgan fingerprint density at radius 2 is 1.84 bits per heavy atom. The normalized spacial score (nSPS) is 10.6. The van der Waals surface area contributed by atoms with Gasteiger partial charge in [0, 0.05) is 25.8 Å². The van der Waals surface area contributed by atoms with Gasteiger partial charge in [0.1, 0.15) is 0 Å². The molecule has 25 heavy (non-hydrogen) atoms. The van der Waals surface area contributed by atoms with Gasteiger partial charge in [-0.15, -0.1) is 0 Å². The van der Waals surface area contributed by atoms with Crippen LogP contribution in [0, 0.1) is 0 Å². The van der Waals surface area contributed by atoms with Gasteiger partial charge in [-0.2, -0.15) is 0 Å². The average Bonchev–Trinajstić information content (AvgIpc) is 2.65. The first-order chi connectivity index (χ1) is 12.0. The minimum absolute atomic E-state index is 0.0264. The monoisotopic (exact) mass is 351 g/mol. The third-order valence-corrected chi connectivity index (χ3v) is 3.54. The maximum atomic E-state index is 12.4. The molecule has 1 aromatic rings. The molecule has 1 amide bonds. The predicted molar refractivity (Wildman–Crippen MR) is 93.5 cm³/mol. The van der Waals surface area contributed by atoms with E-state index in [1.54, 1.807) is 38.5 Å². The highest BCUT2D eigenvalue weighted by atomic mass is 16.5. The van der Waals surface area contributed by atoms with Crippen molar-refractivity contribution in [1.29, 1.82) is 0 Å². The summed E-state index contributed by atoms with van der Waals surface area (Å²) in [6, 6.07) is 5.32. The molecule has 1 aromatic carbocycles. The van der Waals surface area contributed by atoms with Crippen LogP contribution < -0.4 is 9.47 Å². The van der Waals surface area contributed by atoms with Crippen molar-refractivity contribution in [2.24, 2.45) is 0 Å². The van der Waals surface area contributed by atoms with Crippen LogP contribution in [-0.2, 0) is 14.3 Å². The minimum atomic E-state index is -0.384. The van der Waals surface area contributed by atoms with Crippen molar-refractivity contribution in [3.8, 4) is 11.5 Å². The van der Waals surface area contributed by atoms with Crippen molar-refractivity contribution in [1.82, 2.24) is 4.90 Å². The molecule has 0 bridgehead atoms. The molecule has 0 atom stereocenters. The van der Waals surface area contributed by atoms with Gasteiger partial charge in [0.25, 0.3) is 0 Å². The second-order valence-electron chi connectivity index (χ2n) is 5.18. The molecule has 0 saturated carbocycles. The second kappa shape index (κ2) is 11.1. The van der Waals surface area contributed by atoms with Gasteiger partial charge in [-0.05, 0) is 30.2 Å². The fourth-order valence-electron chi connectivity index (χ4n) is 2.15. The standard InChI is InChI=1S/C18H25NO6/c1-23-15-7-5-14(13-16(15)24-2)6-8-17(21)19(10-4-12-20)11-9-18(22)25-3/h5-8,13,20H,4,9-12H2,1-3H3/b8-6+. The lowest BCUT2D eigenvalue weighted by Gasteiger charge is -2.20. The Morgan fingerprint density at radius 1 is 1.12 bits per heavy atom. The van der Waals surface area contributed by atoms with Crippen molar-refractivity contribution in [3.63, 3.8) is 0 Å². The highest BCUT2D eigenvalue weighted by Crippen LogP contribution is 2.27. The molecule has 1 rings (SSSR count). The summed E-state index contributed by atoms with van der Waals surface area (Å²) in [4.78, 5) is 25.1. The summed E-state index contributed by atoms with van der Waals surface area (Å²) >= 11 is 0. The summed E-state index contributed by atoms with van der Waals surface area (Å²) in [5, 5.41) is 8.96. The van der Waals surface area contributed by atoms with Crippen molar-refractivity contribution in [2.45, 2.75) is 12.8 Å². The van der Waals surface area contributed by atoms with Crippen LogP contribution in [-0.4, -0.2) is 62.9 Å². The average molecular weight is 351 g/mol. The molecule has 0 saturated heterocycles. The molecule has 0 spiro atoms. The topological polar surface area (TPSA) is 85.3 Å². The van der Waals surface area contributed by atoms with E-state index in [0.717, 1.165) is 5.56 Å². The summed E-state index contributed by atoms with van der Waals surface area (Å²) in [6.45, 7) is 0.575. The number of hydrogen-bond donors (Lipinski definition) is 1. The molecular weight excluding hydrogens is 326 g/mol. The number of methoxy groups -OCH3 is 3. The number of amides is 1. The van der Waals surface area contributed by atoms with E-state index in [2.05, 4.69) is 4.74 Å². The summed E-state index contributed by atoms with van der Waals surface area (Å²) in [7, 11) is 4.40. The number of esters is 1. The highest BCUT2D eigenvalue weighted by molar-refractivity contribution is 5.92. The molecule has 0 aliphatic heterocycles. The number of carbonyl (C=O) groups is 2. The molecule has 0 radical (unpaired) electrons. The lowest BCUT2D eigenvalue weighted by molar-refractivity contribution is -0.141. The van der Waals surface area contributed by atoms with Crippen molar-refractivity contribution < 1.29 is 28.9 Å². The van der Waals surface area contributed by atoms with Crippen LogP contribution in [0.3, 0.4) is 0 Å². The zero-order valence-corrected chi connectivity index (χ0v) is 14.9. The first-order valence-electron chi connectivity index (χ1n) is 7.92.